The zero-order valence-corrected chi connectivity index (χ0v) is 18.5. The predicted molar refractivity (Wildman–Crippen MR) is 125 cm³/mol. The molecule has 168 valence electrons. The van der Waals surface area contributed by atoms with Gasteiger partial charge in [-0.3, -0.25) is 9.69 Å². The van der Waals surface area contributed by atoms with Crippen LogP contribution in [-0.4, -0.2) is 38.7 Å². The molecule has 0 fully saturated rings. The van der Waals surface area contributed by atoms with Gasteiger partial charge in [0.2, 0.25) is 5.91 Å². The summed E-state index contributed by atoms with van der Waals surface area (Å²) in [4.78, 5) is 14.8. The van der Waals surface area contributed by atoms with Crippen LogP contribution in [0.15, 0.2) is 77.4 Å². The maximum absolute atomic E-state index is 12.3. The third-order valence-corrected chi connectivity index (χ3v) is 5.99. The molecule has 0 aliphatic carbocycles. The normalized spacial score (nSPS) is 13.9. The van der Waals surface area contributed by atoms with Crippen LogP contribution in [-0.2, 0) is 37.3 Å². The summed E-state index contributed by atoms with van der Waals surface area (Å²) in [6, 6.07) is 22.2. The first-order valence-corrected chi connectivity index (χ1v) is 11.3. The van der Waals surface area contributed by atoms with Gasteiger partial charge in [0.25, 0.3) is 0 Å². The molecule has 0 atom stereocenters. The van der Waals surface area contributed by atoms with Crippen molar-refractivity contribution in [3.05, 3.63) is 95.8 Å². The minimum atomic E-state index is -0.00904. The van der Waals surface area contributed by atoms with Gasteiger partial charge >= 0.3 is 0 Å². The Morgan fingerprint density at radius 1 is 0.939 bits per heavy atom. The van der Waals surface area contributed by atoms with E-state index < -0.39 is 0 Å². The van der Waals surface area contributed by atoms with Crippen molar-refractivity contribution in [1.82, 2.24) is 25.0 Å². The van der Waals surface area contributed by atoms with Crippen molar-refractivity contribution in [2.24, 2.45) is 0 Å². The number of fused-ring (bicyclic) bond motifs is 1. The number of carbonyl (C=O) groups is 1. The van der Waals surface area contributed by atoms with Crippen LogP contribution >= 0.6 is 0 Å². The second-order valence-electron chi connectivity index (χ2n) is 8.33. The number of amides is 1. The van der Waals surface area contributed by atoms with Crippen molar-refractivity contribution in [2.75, 3.05) is 13.1 Å². The first-order chi connectivity index (χ1) is 16.2. The highest BCUT2D eigenvalue weighted by atomic mass is 16.3. The average molecular weight is 442 g/mol. The molecular formula is C26H27N5O2. The molecule has 0 spiro atoms. The van der Waals surface area contributed by atoms with Gasteiger partial charge in [-0.2, -0.15) is 0 Å². The summed E-state index contributed by atoms with van der Waals surface area (Å²) in [6.07, 6.45) is 2.91. The highest BCUT2D eigenvalue weighted by molar-refractivity contribution is 5.78. The van der Waals surface area contributed by atoms with Crippen LogP contribution in [0.25, 0.3) is 11.3 Å². The lowest BCUT2D eigenvalue weighted by atomic mass is 10.1. The molecule has 7 nitrogen and oxygen atoms in total. The average Bonchev–Trinajstić information content (AvgIpc) is 3.47. The predicted octanol–water partition coefficient (Wildman–Crippen LogP) is 3.46. The zero-order valence-electron chi connectivity index (χ0n) is 18.5. The highest BCUT2D eigenvalue weighted by Crippen LogP contribution is 2.22. The summed E-state index contributed by atoms with van der Waals surface area (Å²) in [5.74, 6) is 2.67. The van der Waals surface area contributed by atoms with Crippen molar-refractivity contribution in [2.45, 2.75) is 32.5 Å². The second kappa shape index (κ2) is 9.83. The van der Waals surface area contributed by atoms with E-state index in [4.69, 9.17) is 4.42 Å². The number of aromatic nitrogens is 3. The monoisotopic (exact) mass is 441 g/mol. The second-order valence-corrected chi connectivity index (χ2v) is 8.33. The van der Waals surface area contributed by atoms with Crippen molar-refractivity contribution in [3.63, 3.8) is 0 Å². The first kappa shape index (κ1) is 21.2. The lowest BCUT2D eigenvalue weighted by molar-refractivity contribution is -0.120. The fourth-order valence-corrected chi connectivity index (χ4v) is 4.26. The fraction of sp³-hybridized carbons (Fsp3) is 0.269. The molecule has 0 radical (unpaired) electrons. The third kappa shape index (κ3) is 5.21. The van der Waals surface area contributed by atoms with Crippen LogP contribution in [0.3, 0.4) is 0 Å². The van der Waals surface area contributed by atoms with E-state index in [-0.39, 0.29) is 5.91 Å². The van der Waals surface area contributed by atoms with E-state index in [0.29, 0.717) is 13.0 Å². The van der Waals surface area contributed by atoms with E-state index in [2.05, 4.69) is 49.2 Å². The molecule has 7 heteroatoms. The molecule has 0 unspecified atom stereocenters. The number of nitrogens with one attached hydrogen (secondary N) is 1. The van der Waals surface area contributed by atoms with Gasteiger partial charge in [-0.25, -0.2) is 0 Å². The quantitative estimate of drug-likeness (QED) is 0.475. The lowest BCUT2D eigenvalue weighted by Crippen LogP contribution is -2.28. The van der Waals surface area contributed by atoms with E-state index in [9.17, 15) is 4.79 Å². The Morgan fingerprint density at radius 2 is 1.82 bits per heavy atom. The van der Waals surface area contributed by atoms with E-state index in [0.717, 1.165) is 61.1 Å². The van der Waals surface area contributed by atoms with E-state index in [1.807, 2.05) is 42.5 Å². The van der Waals surface area contributed by atoms with Crippen LogP contribution in [0.4, 0.5) is 0 Å². The van der Waals surface area contributed by atoms with Gasteiger partial charge in [0.05, 0.1) is 19.2 Å². The Labute approximate surface area is 193 Å². The molecule has 4 aromatic rings. The molecule has 1 N–H and O–H groups in total. The molecule has 0 saturated heterocycles. The van der Waals surface area contributed by atoms with Gasteiger partial charge in [-0.05, 0) is 29.3 Å². The number of furan rings is 1. The zero-order chi connectivity index (χ0) is 22.5. The third-order valence-electron chi connectivity index (χ3n) is 5.99. The Bertz CT molecular complexity index is 1200. The molecule has 2 aromatic heterocycles. The molecule has 1 aliphatic rings. The molecule has 0 bridgehead atoms. The van der Waals surface area contributed by atoms with Crippen molar-refractivity contribution in [3.8, 4) is 11.3 Å². The number of rotatable bonds is 7. The Hall–Kier alpha value is -3.71. The minimum Gasteiger partial charge on any atom is -0.464 e. The lowest BCUT2D eigenvalue weighted by Gasteiger charge is -2.20. The molecule has 1 aliphatic heterocycles. The first-order valence-electron chi connectivity index (χ1n) is 11.3. The van der Waals surface area contributed by atoms with Crippen LogP contribution < -0.4 is 5.32 Å². The number of hydrogen-bond donors (Lipinski definition) is 1. The van der Waals surface area contributed by atoms with Gasteiger partial charge in [0.1, 0.15) is 11.6 Å². The smallest absolute Gasteiger partial charge is 0.224 e. The molecule has 0 saturated carbocycles. The van der Waals surface area contributed by atoms with E-state index in [1.54, 1.807) is 6.26 Å². The summed E-state index contributed by atoms with van der Waals surface area (Å²) in [6.45, 7) is 3.90. The Morgan fingerprint density at radius 3 is 2.67 bits per heavy atom. The number of carbonyl (C=O) groups excluding carboxylic acids is 1. The molecule has 33 heavy (non-hydrogen) atoms. The standard InChI is InChI=1S/C26H27N5O2/c32-26(17-20-6-2-1-3-7-20)27-18-25-29-28-24-11-12-30(13-14-31(24)25)19-21-8-4-9-22(16-21)23-10-5-15-33-23/h1-10,15-16H,11-14,17-19H2,(H,27,32). The molecule has 1 amide bonds. The highest BCUT2D eigenvalue weighted by Gasteiger charge is 2.19. The minimum absolute atomic E-state index is 0.00904. The summed E-state index contributed by atoms with van der Waals surface area (Å²) in [7, 11) is 0. The van der Waals surface area contributed by atoms with Crippen LogP contribution in [0, 0.1) is 0 Å². The topological polar surface area (TPSA) is 76.2 Å². The summed E-state index contributed by atoms with van der Waals surface area (Å²) < 4.78 is 7.70. The Kier molecular flexibility index (Phi) is 6.30. The number of hydrogen-bond acceptors (Lipinski definition) is 5. The van der Waals surface area contributed by atoms with Gasteiger partial charge in [-0.15, -0.1) is 10.2 Å². The van der Waals surface area contributed by atoms with Crippen molar-refractivity contribution >= 4 is 5.91 Å². The van der Waals surface area contributed by atoms with Gasteiger partial charge < -0.3 is 14.3 Å². The van der Waals surface area contributed by atoms with Crippen molar-refractivity contribution < 1.29 is 9.21 Å². The van der Waals surface area contributed by atoms with Gasteiger partial charge in [0, 0.05) is 38.2 Å². The molecule has 3 heterocycles. The van der Waals surface area contributed by atoms with Crippen molar-refractivity contribution in [1.29, 1.82) is 0 Å². The molecular weight excluding hydrogens is 414 g/mol. The maximum Gasteiger partial charge on any atom is 0.224 e. The SMILES string of the molecule is O=C(Cc1ccccc1)NCc1nnc2n1CCN(Cc1cccc(-c3ccco3)c1)CC2. The Balaban J connectivity index is 1.18. The van der Waals surface area contributed by atoms with Crippen LogP contribution in [0.1, 0.15) is 22.8 Å². The summed E-state index contributed by atoms with van der Waals surface area (Å²) >= 11 is 0. The fourth-order valence-electron chi connectivity index (χ4n) is 4.26. The number of nitrogens with zero attached hydrogens (tertiary/aromatic N) is 4. The van der Waals surface area contributed by atoms with Crippen LogP contribution in [0.5, 0.6) is 0 Å². The summed E-state index contributed by atoms with van der Waals surface area (Å²) in [5, 5.41) is 11.7. The largest absolute Gasteiger partial charge is 0.464 e. The van der Waals surface area contributed by atoms with Gasteiger partial charge in [-0.1, -0.05) is 48.5 Å². The number of benzene rings is 2. The summed E-state index contributed by atoms with van der Waals surface area (Å²) in [5.41, 5.74) is 3.36. The van der Waals surface area contributed by atoms with Crippen LogP contribution in [0.2, 0.25) is 0 Å². The molecule has 2 aromatic carbocycles. The van der Waals surface area contributed by atoms with E-state index >= 15 is 0 Å². The van der Waals surface area contributed by atoms with Gasteiger partial charge in [0.15, 0.2) is 5.82 Å². The van der Waals surface area contributed by atoms with E-state index in [1.165, 1.54) is 5.56 Å². The molecule has 5 rings (SSSR count). The maximum atomic E-state index is 12.3.